The van der Waals surface area contributed by atoms with E-state index in [0.717, 1.165) is 11.1 Å². The van der Waals surface area contributed by atoms with Crippen LogP contribution in [0.5, 0.6) is 0 Å². The van der Waals surface area contributed by atoms with Crippen LogP contribution >= 0.6 is 11.8 Å². The summed E-state index contributed by atoms with van der Waals surface area (Å²) < 4.78 is 1.45. The third-order valence-electron chi connectivity index (χ3n) is 2.59. The lowest BCUT2D eigenvalue weighted by Gasteiger charge is -2.02. The topological polar surface area (TPSA) is 88.0 Å². The van der Waals surface area contributed by atoms with Gasteiger partial charge in [0.25, 0.3) is 0 Å². The van der Waals surface area contributed by atoms with E-state index in [4.69, 9.17) is 5.11 Å². The molecule has 0 aliphatic carbocycles. The Hall–Kier alpha value is -2.02. The normalized spacial score (nSPS) is 10.6. The van der Waals surface area contributed by atoms with Crippen LogP contribution in [0.4, 0.5) is 0 Å². The number of carboxylic acids is 1. The van der Waals surface area contributed by atoms with E-state index < -0.39 is 5.97 Å². The van der Waals surface area contributed by atoms with Crippen LogP contribution < -0.4 is 5.69 Å². The predicted molar refractivity (Wildman–Crippen MR) is 71.2 cm³/mol. The fourth-order valence-corrected chi connectivity index (χ4v) is 2.41. The maximum Gasteiger partial charge on any atom is 0.343 e. The summed E-state index contributed by atoms with van der Waals surface area (Å²) in [6.45, 7) is 0. The van der Waals surface area contributed by atoms with Crippen molar-refractivity contribution in [1.82, 2.24) is 14.8 Å². The highest BCUT2D eigenvalue weighted by Crippen LogP contribution is 2.19. The first-order chi connectivity index (χ1) is 9.06. The Kier molecular flexibility index (Phi) is 4.06. The number of nitrogens with one attached hydrogen (secondary N) is 1. The molecule has 0 fully saturated rings. The maximum atomic E-state index is 11.2. The maximum absolute atomic E-state index is 11.2. The summed E-state index contributed by atoms with van der Waals surface area (Å²) in [5.41, 5.74) is 1.59. The lowest BCUT2D eigenvalue weighted by atomic mass is 10.1. The minimum absolute atomic E-state index is 0.0291. The molecule has 2 rings (SSSR count). The third kappa shape index (κ3) is 3.47. The molecule has 0 unspecified atom stereocenters. The van der Waals surface area contributed by atoms with E-state index in [1.807, 2.05) is 12.1 Å². The molecule has 0 saturated carbocycles. The number of aromatic amines is 1. The Labute approximate surface area is 113 Å². The molecule has 1 aromatic heterocycles. The number of H-pyrrole nitrogens is 1. The van der Waals surface area contributed by atoms with Crippen molar-refractivity contribution < 1.29 is 9.90 Å². The van der Waals surface area contributed by atoms with E-state index in [2.05, 4.69) is 10.2 Å². The van der Waals surface area contributed by atoms with Crippen molar-refractivity contribution in [2.45, 2.75) is 17.3 Å². The van der Waals surface area contributed by atoms with Crippen molar-refractivity contribution in [3.05, 3.63) is 45.9 Å². The standard InChI is InChI=1S/C12H13N3O3S/c1-15-11(18)13-14-12(15)19-7-9-4-2-8(3-5-9)6-10(16)17/h2-5H,6-7H2,1H3,(H,13,18)(H,16,17). The molecule has 0 atom stereocenters. The summed E-state index contributed by atoms with van der Waals surface area (Å²) in [6, 6.07) is 7.37. The molecule has 0 amide bonds. The van der Waals surface area contributed by atoms with Gasteiger partial charge in [-0.3, -0.25) is 9.36 Å². The molecule has 6 nitrogen and oxygen atoms in total. The Morgan fingerprint density at radius 3 is 2.53 bits per heavy atom. The number of rotatable bonds is 5. The smallest absolute Gasteiger partial charge is 0.343 e. The van der Waals surface area contributed by atoms with Gasteiger partial charge in [-0.05, 0) is 11.1 Å². The summed E-state index contributed by atoms with van der Waals surface area (Å²) in [6.07, 6.45) is 0.0291. The zero-order valence-corrected chi connectivity index (χ0v) is 11.1. The van der Waals surface area contributed by atoms with E-state index in [9.17, 15) is 9.59 Å². The van der Waals surface area contributed by atoms with Gasteiger partial charge < -0.3 is 5.11 Å². The van der Waals surface area contributed by atoms with Crippen LogP contribution in [-0.2, 0) is 24.0 Å². The van der Waals surface area contributed by atoms with Gasteiger partial charge in [-0.2, -0.15) is 0 Å². The quantitative estimate of drug-likeness (QED) is 0.798. The average molecular weight is 279 g/mol. The highest BCUT2D eigenvalue weighted by atomic mass is 32.2. The number of thioether (sulfide) groups is 1. The Morgan fingerprint density at radius 2 is 2.00 bits per heavy atom. The highest BCUT2D eigenvalue weighted by molar-refractivity contribution is 7.98. The number of benzene rings is 1. The Bertz CT molecular complexity index is 630. The molecule has 0 saturated heterocycles. The highest BCUT2D eigenvalue weighted by Gasteiger charge is 2.05. The van der Waals surface area contributed by atoms with Crippen molar-refractivity contribution in [3.63, 3.8) is 0 Å². The molecule has 0 radical (unpaired) electrons. The van der Waals surface area contributed by atoms with Gasteiger partial charge in [-0.25, -0.2) is 9.89 Å². The monoisotopic (exact) mass is 279 g/mol. The number of carbonyl (C=O) groups is 1. The summed E-state index contributed by atoms with van der Waals surface area (Å²) in [7, 11) is 1.66. The summed E-state index contributed by atoms with van der Waals surface area (Å²) >= 11 is 1.45. The van der Waals surface area contributed by atoms with Crippen LogP contribution in [-0.4, -0.2) is 25.8 Å². The van der Waals surface area contributed by atoms with Gasteiger partial charge in [0.1, 0.15) is 0 Å². The van der Waals surface area contributed by atoms with Crippen molar-refractivity contribution in [2.75, 3.05) is 0 Å². The number of aromatic nitrogens is 3. The molecule has 7 heteroatoms. The average Bonchev–Trinajstić information content (AvgIpc) is 2.69. The number of aliphatic carboxylic acids is 1. The van der Waals surface area contributed by atoms with E-state index in [0.29, 0.717) is 10.9 Å². The molecule has 0 spiro atoms. The van der Waals surface area contributed by atoms with Gasteiger partial charge in [0.05, 0.1) is 6.42 Å². The zero-order chi connectivity index (χ0) is 13.8. The van der Waals surface area contributed by atoms with Crippen LogP contribution in [0, 0.1) is 0 Å². The molecule has 0 aliphatic heterocycles. The summed E-state index contributed by atoms with van der Waals surface area (Å²) in [5, 5.41) is 15.6. The van der Waals surface area contributed by atoms with Gasteiger partial charge in [0, 0.05) is 12.8 Å². The molecule has 0 aliphatic rings. The zero-order valence-electron chi connectivity index (χ0n) is 10.3. The van der Waals surface area contributed by atoms with Crippen LogP contribution in [0.3, 0.4) is 0 Å². The van der Waals surface area contributed by atoms with Gasteiger partial charge in [-0.1, -0.05) is 36.0 Å². The fourth-order valence-electron chi connectivity index (χ4n) is 1.54. The first kappa shape index (κ1) is 13.4. The van der Waals surface area contributed by atoms with E-state index in [-0.39, 0.29) is 12.1 Å². The first-order valence-electron chi connectivity index (χ1n) is 5.60. The van der Waals surface area contributed by atoms with Crippen LogP contribution in [0.2, 0.25) is 0 Å². The number of hydrogen-bond donors (Lipinski definition) is 2. The van der Waals surface area contributed by atoms with Gasteiger partial charge in [0.15, 0.2) is 5.16 Å². The largest absolute Gasteiger partial charge is 0.481 e. The third-order valence-corrected chi connectivity index (χ3v) is 3.69. The van der Waals surface area contributed by atoms with E-state index in [1.54, 1.807) is 19.2 Å². The molecular weight excluding hydrogens is 266 g/mol. The van der Waals surface area contributed by atoms with Crippen LogP contribution in [0.15, 0.2) is 34.2 Å². The second-order valence-electron chi connectivity index (χ2n) is 4.05. The SMILES string of the molecule is Cn1c(SCc2ccc(CC(=O)O)cc2)n[nH]c1=O. The molecule has 2 N–H and O–H groups in total. The minimum atomic E-state index is -0.839. The van der Waals surface area contributed by atoms with Gasteiger partial charge in [0.2, 0.25) is 0 Å². The molecule has 1 heterocycles. The molecule has 0 bridgehead atoms. The number of carboxylic acid groups (broad SMARTS) is 1. The summed E-state index contributed by atoms with van der Waals surface area (Å²) in [4.78, 5) is 21.7. The Balaban J connectivity index is 1.98. The van der Waals surface area contributed by atoms with Crippen molar-refractivity contribution in [1.29, 1.82) is 0 Å². The summed E-state index contributed by atoms with van der Waals surface area (Å²) in [5.74, 6) is -0.167. The second-order valence-corrected chi connectivity index (χ2v) is 4.99. The molecule has 19 heavy (non-hydrogen) atoms. The predicted octanol–water partition coefficient (Wildman–Crippen LogP) is 1.03. The lowest BCUT2D eigenvalue weighted by molar-refractivity contribution is -0.136. The van der Waals surface area contributed by atoms with Crippen molar-refractivity contribution in [3.8, 4) is 0 Å². The molecular formula is C12H13N3O3S. The fraction of sp³-hybridized carbons (Fsp3) is 0.250. The van der Waals surface area contributed by atoms with Crippen LogP contribution in [0.1, 0.15) is 11.1 Å². The van der Waals surface area contributed by atoms with Crippen LogP contribution in [0.25, 0.3) is 0 Å². The second kappa shape index (κ2) is 5.75. The molecule has 2 aromatic rings. The minimum Gasteiger partial charge on any atom is -0.481 e. The molecule has 1 aromatic carbocycles. The van der Waals surface area contributed by atoms with Crippen molar-refractivity contribution in [2.24, 2.45) is 7.05 Å². The van der Waals surface area contributed by atoms with Crippen molar-refractivity contribution >= 4 is 17.7 Å². The van der Waals surface area contributed by atoms with Gasteiger partial charge >= 0.3 is 11.7 Å². The lowest BCUT2D eigenvalue weighted by Crippen LogP contribution is -2.12. The van der Waals surface area contributed by atoms with Gasteiger partial charge in [-0.15, -0.1) is 5.10 Å². The van der Waals surface area contributed by atoms with E-state index >= 15 is 0 Å². The first-order valence-corrected chi connectivity index (χ1v) is 6.58. The number of nitrogens with zero attached hydrogens (tertiary/aromatic N) is 2. The van der Waals surface area contributed by atoms with E-state index in [1.165, 1.54) is 16.3 Å². The number of hydrogen-bond acceptors (Lipinski definition) is 4. The molecule has 100 valence electrons. The Morgan fingerprint density at radius 1 is 1.37 bits per heavy atom.